The highest BCUT2D eigenvalue weighted by Gasteiger charge is 2.27. The van der Waals surface area contributed by atoms with Crippen LogP contribution in [0.25, 0.3) is 0 Å². The molecule has 2 fully saturated rings. The molecule has 1 saturated heterocycles. The molecule has 0 spiro atoms. The number of aryl methyl sites for hydroxylation is 1. The Kier molecular flexibility index (Phi) is 4.85. The quantitative estimate of drug-likeness (QED) is 0.862. The van der Waals surface area contributed by atoms with Gasteiger partial charge in [0.1, 0.15) is 0 Å². The fourth-order valence-electron chi connectivity index (χ4n) is 3.28. The van der Waals surface area contributed by atoms with Gasteiger partial charge in [0.15, 0.2) is 5.13 Å². The van der Waals surface area contributed by atoms with E-state index in [0.717, 1.165) is 24.9 Å². The highest BCUT2D eigenvalue weighted by atomic mass is 32.1. The van der Waals surface area contributed by atoms with E-state index in [2.05, 4.69) is 31.0 Å². The lowest BCUT2D eigenvalue weighted by Crippen LogP contribution is -2.40. The summed E-state index contributed by atoms with van der Waals surface area (Å²) in [5.41, 5.74) is 1.34. The predicted molar refractivity (Wildman–Crippen MR) is 91.2 cm³/mol. The average molecular weight is 308 g/mol. The van der Waals surface area contributed by atoms with Gasteiger partial charge in [-0.05, 0) is 44.9 Å². The minimum Gasteiger partial charge on any atom is -0.345 e. The van der Waals surface area contributed by atoms with Crippen LogP contribution >= 0.6 is 11.3 Å². The number of piperidine rings is 1. The molecule has 3 rings (SSSR count). The first-order valence-electron chi connectivity index (χ1n) is 8.66. The van der Waals surface area contributed by atoms with Crippen molar-refractivity contribution in [1.82, 2.24) is 10.3 Å². The molecule has 0 radical (unpaired) electrons. The lowest BCUT2D eigenvalue weighted by molar-refractivity contribution is 0.377. The third-order valence-corrected chi connectivity index (χ3v) is 5.90. The predicted octanol–water partition coefficient (Wildman–Crippen LogP) is 3.97. The smallest absolute Gasteiger partial charge is 0.186 e. The Balaban J connectivity index is 1.72. The molecule has 1 aromatic heterocycles. The van der Waals surface area contributed by atoms with E-state index in [0.29, 0.717) is 6.04 Å². The van der Waals surface area contributed by atoms with E-state index < -0.39 is 0 Å². The van der Waals surface area contributed by atoms with Crippen LogP contribution in [0.3, 0.4) is 0 Å². The monoisotopic (exact) mass is 307 g/mol. The molecule has 21 heavy (non-hydrogen) atoms. The fraction of sp³-hybridized carbons (Fsp3) is 0.824. The van der Waals surface area contributed by atoms with E-state index in [1.807, 2.05) is 11.3 Å². The third-order valence-electron chi connectivity index (χ3n) is 4.77. The molecule has 1 aliphatic carbocycles. The van der Waals surface area contributed by atoms with Crippen molar-refractivity contribution in [2.45, 2.75) is 77.9 Å². The molecule has 1 aliphatic heterocycles. The number of nitrogens with zero attached hydrogens (tertiary/aromatic N) is 2. The van der Waals surface area contributed by atoms with Crippen molar-refractivity contribution in [1.29, 1.82) is 0 Å². The maximum atomic E-state index is 5.00. The van der Waals surface area contributed by atoms with Crippen LogP contribution in [0.15, 0.2) is 0 Å². The number of nitrogens with one attached hydrogen (secondary N) is 1. The number of hydrogen-bond acceptors (Lipinski definition) is 4. The van der Waals surface area contributed by atoms with Gasteiger partial charge in [0.2, 0.25) is 0 Å². The van der Waals surface area contributed by atoms with E-state index in [4.69, 9.17) is 4.98 Å². The van der Waals surface area contributed by atoms with Crippen molar-refractivity contribution in [3.05, 3.63) is 10.6 Å². The normalized spacial score (nSPS) is 26.3. The van der Waals surface area contributed by atoms with E-state index in [9.17, 15) is 0 Å². The Hall–Kier alpha value is -0.610. The molecular formula is C17H29N3S. The molecule has 1 saturated carbocycles. The first kappa shape index (κ1) is 15.3. The SMILES string of the molecule is CCCc1nc(N2CCC(C)CC2C)sc1CNC1CC1. The Bertz CT molecular complexity index is 467. The molecule has 1 aromatic rings. The number of anilines is 1. The van der Waals surface area contributed by atoms with E-state index in [1.165, 1.54) is 54.4 Å². The van der Waals surface area contributed by atoms with Gasteiger partial charge in [-0.3, -0.25) is 0 Å². The topological polar surface area (TPSA) is 28.2 Å². The number of rotatable bonds is 6. The molecule has 1 N–H and O–H groups in total. The summed E-state index contributed by atoms with van der Waals surface area (Å²) in [5, 5.41) is 4.93. The van der Waals surface area contributed by atoms with Gasteiger partial charge in [0, 0.05) is 30.1 Å². The lowest BCUT2D eigenvalue weighted by Gasteiger charge is -2.36. The summed E-state index contributed by atoms with van der Waals surface area (Å²) in [4.78, 5) is 9.02. The van der Waals surface area contributed by atoms with Crippen molar-refractivity contribution in [2.24, 2.45) is 5.92 Å². The summed E-state index contributed by atoms with van der Waals surface area (Å²) in [7, 11) is 0. The molecule has 0 bridgehead atoms. The largest absolute Gasteiger partial charge is 0.345 e. The summed E-state index contributed by atoms with van der Waals surface area (Å²) in [6.45, 7) is 9.19. The fourth-order valence-corrected chi connectivity index (χ4v) is 4.46. The second-order valence-electron chi connectivity index (χ2n) is 6.94. The molecule has 0 aromatic carbocycles. The van der Waals surface area contributed by atoms with Crippen LogP contribution < -0.4 is 10.2 Å². The van der Waals surface area contributed by atoms with Gasteiger partial charge in [-0.15, -0.1) is 11.3 Å². The van der Waals surface area contributed by atoms with Crippen LogP contribution in [-0.2, 0) is 13.0 Å². The summed E-state index contributed by atoms with van der Waals surface area (Å²) < 4.78 is 0. The maximum absolute atomic E-state index is 5.00. The van der Waals surface area contributed by atoms with Gasteiger partial charge in [0.05, 0.1) is 5.69 Å². The van der Waals surface area contributed by atoms with Gasteiger partial charge in [-0.2, -0.15) is 0 Å². The average Bonchev–Trinajstić information content (AvgIpc) is 3.19. The van der Waals surface area contributed by atoms with Gasteiger partial charge in [-0.1, -0.05) is 20.3 Å². The molecule has 3 nitrogen and oxygen atoms in total. The lowest BCUT2D eigenvalue weighted by atomic mass is 9.94. The summed E-state index contributed by atoms with van der Waals surface area (Å²) in [5.74, 6) is 0.863. The highest BCUT2D eigenvalue weighted by Crippen LogP contribution is 2.33. The number of hydrogen-bond donors (Lipinski definition) is 1. The minimum atomic E-state index is 0.638. The summed E-state index contributed by atoms with van der Waals surface area (Å²) in [6, 6.07) is 1.42. The van der Waals surface area contributed by atoms with E-state index in [-0.39, 0.29) is 0 Å². The van der Waals surface area contributed by atoms with Crippen molar-refractivity contribution in [3.8, 4) is 0 Å². The minimum absolute atomic E-state index is 0.638. The van der Waals surface area contributed by atoms with Crippen LogP contribution in [0.5, 0.6) is 0 Å². The van der Waals surface area contributed by atoms with Crippen LogP contribution in [0.2, 0.25) is 0 Å². The van der Waals surface area contributed by atoms with Crippen LogP contribution in [0.1, 0.15) is 63.4 Å². The zero-order valence-corrected chi connectivity index (χ0v) is 14.5. The second-order valence-corrected chi connectivity index (χ2v) is 8.01. The molecule has 0 amide bonds. The first-order chi connectivity index (χ1) is 10.2. The second kappa shape index (κ2) is 6.66. The Morgan fingerprint density at radius 3 is 2.76 bits per heavy atom. The van der Waals surface area contributed by atoms with Crippen LogP contribution in [0, 0.1) is 5.92 Å². The number of aromatic nitrogens is 1. The zero-order chi connectivity index (χ0) is 14.8. The van der Waals surface area contributed by atoms with Gasteiger partial charge < -0.3 is 10.2 Å². The molecule has 2 atom stereocenters. The van der Waals surface area contributed by atoms with E-state index >= 15 is 0 Å². The first-order valence-corrected chi connectivity index (χ1v) is 9.47. The number of thiazole rings is 1. The summed E-state index contributed by atoms with van der Waals surface area (Å²) in [6.07, 6.45) is 7.63. The van der Waals surface area contributed by atoms with Gasteiger partial charge in [0.25, 0.3) is 0 Å². The third kappa shape index (κ3) is 3.78. The van der Waals surface area contributed by atoms with Crippen molar-refractivity contribution in [3.63, 3.8) is 0 Å². The maximum Gasteiger partial charge on any atom is 0.186 e. The van der Waals surface area contributed by atoms with Crippen molar-refractivity contribution < 1.29 is 0 Å². The van der Waals surface area contributed by atoms with Crippen LogP contribution in [-0.4, -0.2) is 23.6 Å². The standard InChI is InChI=1S/C17H29N3S/c1-4-5-15-16(11-18-14-6-7-14)21-17(19-15)20-9-8-12(2)10-13(20)3/h12-14,18H,4-11H2,1-3H3. The van der Waals surface area contributed by atoms with Gasteiger partial charge in [-0.25, -0.2) is 4.98 Å². The zero-order valence-electron chi connectivity index (χ0n) is 13.7. The van der Waals surface area contributed by atoms with Gasteiger partial charge >= 0.3 is 0 Å². The van der Waals surface area contributed by atoms with Crippen molar-refractivity contribution in [2.75, 3.05) is 11.4 Å². The molecule has 2 heterocycles. The Labute approximate surface area is 133 Å². The highest BCUT2D eigenvalue weighted by molar-refractivity contribution is 7.15. The Morgan fingerprint density at radius 1 is 1.29 bits per heavy atom. The van der Waals surface area contributed by atoms with E-state index in [1.54, 1.807) is 0 Å². The molecule has 118 valence electrons. The molecule has 2 unspecified atom stereocenters. The van der Waals surface area contributed by atoms with Crippen molar-refractivity contribution >= 4 is 16.5 Å². The molecule has 4 heteroatoms. The molecule has 2 aliphatic rings. The summed E-state index contributed by atoms with van der Waals surface area (Å²) >= 11 is 1.93. The molecular weight excluding hydrogens is 278 g/mol. The Morgan fingerprint density at radius 2 is 2.10 bits per heavy atom. The van der Waals surface area contributed by atoms with Crippen LogP contribution in [0.4, 0.5) is 5.13 Å².